The predicted octanol–water partition coefficient (Wildman–Crippen LogP) is 1.81. The highest BCUT2D eigenvalue weighted by molar-refractivity contribution is 5.77. The Morgan fingerprint density at radius 3 is 2.56 bits per heavy atom. The summed E-state index contributed by atoms with van der Waals surface area (Å²) in [5, 5.41) is 3.09. The molecule has 5 nitrogen and oxygen atoms in total. The molecule has 0 atom stereocenters. The van der Waals surface area contributed by atoms with Crippen molar-refractivity contribution < 1.29 is 9.53 Å². The zero-order valence-corrected chi connectivity index (χ0v) is 11.7. The number of unbranched alkanes of at least 4 members (excludes halogenated alkanes) is 4. The second-order valence-corrected chi connectivity index (χ2v) is 4.29. The van der Waals surface area contributed by atoms with Crippen LogP contribution in [0.2, 0.25) is 0 Å². The van der Waals surface area contributed by atoms with E-state index in [-0.39, 0.29) is 5.97 Å². The van der Waals surface area contributed by atoms with Crippen LogP contribution in [0.3, 0.4) is 0 Å². The maximum Gasteiger partial charge on any atom is 0.305 e. The highest BCUT2D eigenvalue weighted by Gasteiger charge is 1.99. The van der Waals surface area contributed by atoms with E-state index in [0.717, 1.165) is 51.6 Å². The van der Waals surface area contributed by atoms with Crippen molar-refractivity contribution in [3.63, 3.8) is 0 Å². The van der Waals surface area contributed by atoms with Gasteiger partial charge in [-0.1, -0.05) is 26.2 Å². The number of nitrogens with one attached hydrogen (secondary N) is 1. The van der Waals surface area contributed by atoms with Crippen LogP contribution in [0.1, 0.15) is 51.9 Å². The molecule has 3 N–H and O–H groups in total. The van der Waals surface area contributed by atoms with Crippen molar-refractivity contribution in [3.8, 4) is 0 Å². The first-order chi connectivity index (χ1) is 8.70. The quantitative estimate of drug-likeness (QED) is 0.271. The van der Waals surface area contributed by atoms with E-state index >= 15 is 0 Å². The fourth-order valence-electron chi connectivity index (χ4n) is 1.53. The van der Waals surface area contributed by atoms with Gasteiger partial charge in [-0.3, -0.25) is 9.79 Å². The molecule has 0 aromatic rings. The average molecular weight is 257 g/mol. The summed E-state index contributed by atoms with van der Waals surface area (Å²) in [6.45, 7) is 3.73. The van der Waals surface area contributed by atoms with E-state index in [1.807, 2.05) is 0 Å². The number of rotatable bonds is 10. The molecule has 18 heavy (non-hydrogen) atoms. The smallest absolute Gasteiger partial charge is 0.305 e. The van der Waals surface area contributed by atoms with Gasteiger partial charge >= 0.3 is 5.97 Å². The van der Waals surface area contributed by atoms with Crippen LogP contribution >= 0.6 is 0 Å². The third-order valence-electron chi connectivity index (χ3n) is 2.60. The zero-order chi connectivity index (χ0) is 13.6. The van der Waals surface area contributed by atoms with Gasteiger partial charge in [0.2, 0.25) is 0 Å². The highest BCUT2D eigenvalue weighted by atomic mass is 16.5. The number of hydrogen-bond acceptors (Lipinski definition) is 3. The largest absolute Gasteiger partial charge is 0.469 e. The fraction of sp³-hybridized carbons (Fsp3) is 0.846. The highest BCUT2D eigenvalue weighted by Crippen LogP contribution is 2.05. The fourth-order valence-corrected chi connectivity index (χ4v) is 1.53. The first kappa shape index (κ1) is 16.7. The number of ether oxygens (including phenoxy) is 1. The van der Waals surface area contributed by atoms with Crippen LogP contribution < -0.4 is 11.1 Å². The number of nitrogens with two attached hydrogens (primary N) is 1. The van der Waals surface area contributed by atoms with Crippen LogP contribution in [0.5, 0.6) is 0 Å². The first-order valence-corrected chi connectivity index (χ1v) is 6.81. The third kappa shape index (κ3) is 11.2. The second kappa shape index (κ2) is 12.2. The number of carbonyl (C=O) groups excluding carboxylic acids is 1. The normalized spacial score (nSPS) is 11.3. The minimum absolute atomic E-state index is 0.114. The van der Waals surface area contributed by atoms with Crippen molar-refractivity contribution in [1.29, 1.82) is 0 Å². The lowest BCUT2D eigenvalue weighted by Gasteiger charge is -2.05. The Labute approximate surface area is 110 Å². The first-order valence-electron chi connectivity index (χ1n) is 6.81. The minimum Gasteiger partial charge on any atom is -0.469 e. The van der Waals surface area contributed by atoms with Crippen molar-refractivity contribution in [1.82, 2.24) is 5.32 Å². The van der Waals surface area contributed by atoms with Crippen LogP contribution in [-0.2, 0) is 9.53 Å². The number of carbonyl (C=O) groups is 1. The van der Waals surface area contributed by atoms with Crippen LogP contribution in [0.15, 0.2) is 4.99 Å². The number of guanidine groups is 1. The van der Waals surface area contributed by atoms with Crippen molar-refractivity contribution >= 4 is 11.9 Å². The Morgan fingerprint density at radius 2 is 1.89 bits per heavy atom. The molecule has 0 aliphatic rings. The van der Waals surface area contributed by atoms with E-state index in [9.17, 15) is 4.79 Å². The molecule has 5 heteroatoms. The maximum atomic E-state index is 10.8. The molecule has 0 spiro atoms. The van der Waals surface area contributed by atoms with Gasteiger partial charge in [0.1, 0.15) is 0 Å². The monoisotopic (exact) mass is 257 g/mol. The lowest BCUT2D eigenvalue weighted by molar-refractivity contribution is -0.140. The summed E-state index contributed by atoms with van der Waals surface area (Å²) < 4.78 is 4.58. The average Bonchev–Trinajstić information content (AvgIpc) is 2.38. The van der Waals surface area contributed by atoms with Gasteiger partial charge < -0.3 is 15.8 Å². The number of esters is 1. The summed E-state index contributed by atoms with van der Waals surface area (Å²) in [6.07, 6.45) is 6.92. The summed E-state index contributed by atoms with van der Waals surface area (Å²) in [6, 6.07) is 0. The summed E-state index contributed by atoms with van der Waals surface area (Å²) in [4.78, 5) is 15.0. The maximum absolute atomic E-state index is 10.8. The van der Waals surface area contributed by atoms with Crippen LogP contribution in [0.25, 0.3) is 0 Å². The standard InChI is InChI=1S/C13H27N3O2/c1-3-10-15-13(14)16-11-8-6-4-5-7-9-12(17)18-2/h3-11H2,1-2H3,(H3,14,15,16). The molecule has 0 amide bonds. The molecule has 0 radical (unpaired) electrons. The molecule has 0 bridgehead atoms. The van der Waals surface area contributed by atoms with Gasteiger partial charge in [0.25, 0.3) is 0 Å². The van der Waals surface area contributed by atoms with Gasteiger partial charge in [-0.05, 0) is 19.3 Å². The van der Waals surface area contributed by atoms with Crippen LogP contribution in [0.4, 0.5) is 0 Å². The SMILES string of the molecule is CCCN=C(N)NCCCCCCCC(=O)OC. The molecule has 0 aromatic carbocycles. The molecule has 0 aliphatic carbocycles. The van der Waals surface area contributed by atoms with Crippen molar-refractivity contribution in [3.05, 3.63) is 0 Å². The van der Waals surface area contributed by atoms with Gasteiger partial charge in [-0.25, -0.2) is 0 Å². The lowest BCUT2D eigenvalue weighted by atomic mass is 10.1. The number of nitrogens with zero attached hydrogens (tertiary/aromatic N) is 1. The Bertz CT molecular complexity index is 242. The Morgan fingerprint density at radius 1 is 1.22 bits per heavy atom. The molecule has 0 heterocycles. The van der Waals surface area contributed by atoms with Gasteiger partial charge in [0, 0.05) is 19.5 Å². The molecule has 0 unspecified atom stereocenters. The third-order valence-corrected chi connectivity index (χ3v) is 2.60. The molecule has 0 rings (SSSR count). The van der Waals surface area contributed by atoms with E-state index in [1.165, 1.54) is 7.11 Å². The molecular formula is C13H27N3O2. The van der Waals surface area contributed by atoms with Gasteiger partial charge in [-0.15, -0.1) is 0 Å². The molecule has 0 saturated heterocycles. The molecule has 0 fully saturated rings. The summed E-state index contributed by atoms with van der Waals surface area (Å²) in [5.74, 6) is 0.430. The van der Waals surface area contributed by atoms with Crippen LogP contribution in [-0.4, -0.2) is 32.1 Å². The van der Waals surface area contributed by atoms with Gasteiger partial charge in [0.15, 0.2) is 5.96 Å². The lowest BCUT2D eigenvalue weighted by Crippen LogP contribution is -2.32. The van der Waals surface area contributed by atoms with E-state index < -0.39 is 0 Å². The van der Waals surface area contributed by atoms with E-state index in [2.05, 4.69) is 22.0 Å². The number of hydrogen-bond donors (Lipinski definition) is 2. The van der Waals surface area contributed by atoms with Crippen LogP contribution in [0, 0.1) is 0 Å². The Kier molecular flexibility index (Phi) is 11.3. The molecule has 0 aromatic heterocycles. The number of aliphatic imine (C=N–C) groups is 1. The van der Waals surface area contributed by atoms with E-state index in [1.54, 1.807) is 0 Å². The molecular weight excluding hydrogens is 230 g/mol. The van der Waals surface area contributed by atoms with Crippen molar-refractivity contribution in [2.45, 2.75) is 51.9 Å². The zero-order valence-electron chi connectivity index (χ0n) is 11.7. The molecule has 106 valence electrons. The van der Waals surface area contributed by atoms with Crippen molar-refractivity contribution in [2.75, 3.05) is 20.2 Å². The minimum atomic E-state index is -0.114. The summed E-state index contributed by atoms with van der Waals surface area (Å²) in [7, 11) is 1.43. The second-order valence-electron chi connectivity index (χ2n) is 4.29. The van der Waals surface area contributed by atoms with Gasteiger partial charge in [0.05, 0.1) is 7.11 Å². The topological polar surface area (TPSA) is 76.7 Å². The van der Waals surface area contributed by atoms with E-state index in [0.29, 0.717) is 12.4 Å². The molecule has 0 saturated carbocycles. The Hall–Kier alpha value is -1.26. The molecule has 0 aliphatic heterocycles. The van der Waals surface area contributed by atoms with E-state index in [4.69, 9.17) is 5.73 Å². The number of methoxy groups -OCH3 is 1. The summed E-state index contributed by atoms with van der Waals surface area (Å²) in [5.41, 5.74) is 5.66. The Balaban J connectivity index is 3.23. The predicted molar refractivity (Wildman–Crippen MR) is 74.5 cm³/mol. The van der Waals surface area contributed by atoms with Crippen molar-refractivity contribution in [2.24, 2.45) is 10.7 Å². The summed E-state index contributed by atoms with van der Waals surface area (Å²) >= 11 is 0. The van der Waals surface area contributed by atoms with Gasteiger partial charge in [-0.2, -0.15) is 0 Å².